The first kappa shape index (κ1) is 23.6. The molecule has 1 heterocycles. The van der Waals surface area contributed by atoms with Crippen LogP contribution >= 0.6 is 0 Å². The fourth-order valence-electron chi connectivity index (χ4n) is 3.31. The molecule has 0 bridgehead atoms. The number of rotatable bonds is 9. The molecule has 4 aromatic rings. The molecule has 0 radical (unpaired) electrons. The predicted molar refractivity (Wildman–Crippen MR) is 130 cm³/mol. The van der Waals surface area contributed by atoms with Crippen LogP contribution in [0.3, 0.4) is 0 Å². The Bertz CT molecular complexity index is 1320. The van der Waals surface area contributed by atoms with Crippen LogP contribution in [0.5, 0.6) is 23.0 Å². The third kappa shape index (κ3) is 5.52. The molecule has 1 N–H and O–H groups in total. The van der Waals surface area contributed by atoms with Gasteiger partial charge in [-0.2, -0.15) is 4.98 Å². The molecule has 4 rings (SSSR count). The number of nitrogens with zero attached hydrogens (tertiary/aromatic N) is 2. The van der Waals surface area contributed by atoms with Crippen LogP contribution in [0.4, 0.5) is 5.69 Å². The summed E-state index contributed by atoms with van der Waals surface area (Å²) < 4.78 is 27.0. The molecule has 0 saturated heterocycles. The monoisotopic (exact) mass is 475 g/mol. The minimum Gasteiger partial charge on any atom is -0.497 e. The molecule has 0 spiro atoms. The maximum atomic E-state index is 12.5. The lowest BCUT2D eigenvalue weighted by atomic mass is 10.1. The van der Waals surface area contributed by atoms with E-state index in [2.05, 4.69) is 15.5 Å². The third-order valence-electron chi connectivity index (χ3n) is 5.19. The molecule has 0 atom stereocenters. The van der Waals surface area contributed by atoms with Gasteiger partial charge in [0.2, 0.25) is 5.82 Å². The van der Waals surface area contributed by atoms with E-state index in [-0.39, 0.29) is 12.5 Å². The van der Waals surface area contributed by atoms with Crippen LogP contribution in [0.15, 0.2) is 65.2 Å². The molecule has 0 aliphatic carbocycles. The molecular formula is C26H25N3O6. The number of carbonyl (C=O) groups excluding carboxylic acids is 1. The lowest BCUT2D eigenvalue weighted by molar-refractivity contribution is -0.118. The molecule has 0 aliphatic heterocycles. The number of hydrogen-bond donors (Lipinski definition) is 1. The summed E-state index contributed by atoms with van der Waals surface area (Å²) in [6.07, 6.45) is 0. The average molecular weight is 476 g/mol. The predicted octanol–water partition coefficient (Wildman–Crippen LogP) is 4.76. The van der Waals surface area contributed by atoms with Gasteiger partial charge >= 0.3 is 0 Å². The van der Waals surface area contributed by atoms with Crippen molar-refractivity contribution in [3.63, 3.8) is 0 Å². The highest BCUT2D eigenvalue weighted by Crippen LogP contribution is 2.33. The Morgan fingerprint density at radius 3 is 2.31 bits per heavy atom. The number of carbonyl (C=O) groups is 1. The van der Waals surface area contributed by atoms with E-state index in [1.807, 2.05) is 31.2 Å². The van der Waals surface area contributed by atoms with Gasteiger partial charge in [0.05, 0.1) is 27.0 Å². The van der Waals surface area contributed by atoms with Gasteiger partial charge in [-0.15, -0.1) is 0 Å². The second-order valence-electron chi connectivity index (χ2n) is 7.56. The molecule has 9 nitrogen and oxygen atoms in total. The maximum Gasteiger partial charge on any atom is 0.262 e. The highest BCUT2D eigenvalue weighted by molar-refractivity contribution is 5.93. The largest absolute Gasteiger partial charge is 0.497 e. The van der Waals surface area contributed by atoms with Crippen LogP contribution in [0.2, 0.25) is 0 Å². The number of aromatic nitrogens is 2. The summed E-state index contributed by atoms with van der Waals surface area (Å²) in [5.74, 6) is 2.40. The van der Waals surface area contributed by atoms with Gasteiger partial charge in [0.15, 0.2) is 18.1 Å². The Morgan fingerprint density at radius 1 is 0.857 bits per heavy atom. The lowest BCUT2D eigenvalue weighted by Crippen LogP contribution is -2.20. The van der Waals surface area contributed by atoms with Crippen molar-refractivity contribution in [1.82, 2.24) is 10.1 Å². The van der Waals surface area contributed by atoms with E-state index in [9.17, 15) is 4.79 Å². The zero-order chi connectivity index (χ0) is 24.8. The first-order valence-electron chi connectivity index (χ1n) is 10.7. The molecule has 35 heavy (non-hydrogen) atoms. The van der Waals surface area contributed by atoms with Crippen LogP contribution < -0.4 is 24.3 Å². The summed E-state index contributed by atoms with van der Waals surface area (Å²) in [7, 11) is 4.59. The Kier molecular flexibility index (Phi) is 7.15. The van der Waals surface area contributed by atoms with Crippen LogP contribution in [0, 0.1) is 6.92 Å². The number of ether oxygens (including phenoxy) is 4. The molecule has 0 unspecified atom stereocenters. The highest BCUT2D eigenvalue weighted by atomic mass is 16.5. The second kappa shape index (κ2) is 10.6. The Hall–Kier alpha value is -4.53. The standard InChI is InChI=1S/C26H25N3O6/c1-16-5-7-17(8-6-16)26-28-25(29-35-26)18-9-12-21(23(13-18)33-4)34-15-24(30)27-20-11-10-19(31-2)14-22(20)32-3/h5-14H,15H2,1-4H3,(H,27,30). The average Bonchev–Trinajstić information content (AvgIpc) is 3.38. The SMILES string of the molecule is COc1ccc(NC(=O)COc2ccc(-c3noc(-c4ccc(C)cc4)n3)cc2OC)c(OC)c1. The number of hydrogen-bond acceptors (Lipinski definition) is 8. The van der Waals surface area contributed by atoms with Crippen LogP contribution in [0.25, 0.3) is 22.8 Å². The Balaban J connectivity index is 1.44. The molecule has 0 fully saturated rings. The molecule has 9 heteroatoms. The van der Waals surface area contributed by atoms with Crippen molar-refractivity contribution in [3.8, 4) is 45.8 Å². The number of aryl methyl sites for hydroxylation is 1. The Labute approximate surface area is 202 Å². The summed E-state index contributed by atoms with van der Waals surface area (Å²) in [6, 6.07) is 18.1. The highest BCUT2D eigenvalue weighted by Gasteiger charge is 2.15. The van der Waals surface area contributed by atoms with E-state index in [1.54, 1.807) is 43.5 Å². The second-order valence-corrected chi connectivity index (χ2v) is 7.56. The summed E-state index contributed by atoms with van der Waals surface area (Å²) in [6.45, 7) is 1.78. The maximum absolute atomic E-state index is 12.5. The van der Waals surface area contributed by atoms with E-state index in [1.165, 1.54) is 14.2 Å². The number of benzene rings is 3. The van der Waals surface area contributed by atoms with Gasteiger partial charge in [0.1, 0.15) is 11.5 Å². The number of amides is 1. The minimum absolute atomic E-state index is 0.231. The van der Waals surface area contributed by atoms with Crippen molar-refractivity contribution in [3.05, 3.63) is 66.2 Å². The van der Waals surface area contributed by atoms with Crippen molar-refractivity contribution >= 4 is 11.6 Å². The molecule has 1 aromatic heterocycles. The molecular weight excluding hydrogens is 450 g/mol. The zero-order valence-corrected chi connectivity index (χ0v) is 19.8. The van der Waals surface area contributed by atoms with Gasteiger partial charge in [-0.1, -0.05) is 22.9 Å². The number of methoxy groups -OCH3 is 3. The minimum atomic E-state index is -0.361. The Morgan fingerprint density at radius 2 is 1.60 bits per heavy atom. The number of anilines is 1. The smallest absolute Gasteiger partial charge is 0.262 e. The van der Waals surface area contributed by atoms with E-state index < -0.39 is 0 Å². The van der Waals surface area contributed by atoms with Gasteiger partial charge in [-0.3, -0.25) is 4.79 Å². The van der Waals surface area contributed by atoms with Gasteiger partial charge < -0.3 is 28.8 Å². The lowest BCUT2D eigenvalue weighted by Gasteiger charge is -2.13. The first-order valence-corrected chi connectivity index (χ1v) is 10.7. The fourth-order valence-corrected chi connectivity index (χ4v) is 3.31. The summed E-state index contributed by atoms with van der Waals surface area (Å²) in [5, 5.41) is 6.83. The van der Waals surface area contributed by atoms with Crippen molar-refractivity contribution in [2.24, 2.45) is 0 Å². The normalized spacial score (nSPS) is 10.5. The van der Waals surface area contributed by atoms with Crippen molar-refractivity contribution < 1.29 is 28.3 Å². The van der Waals surface area contributed by atoms with E-state index in [0.29, 0.717) is 46.0 Å². The van der Waals surface area contributed by atoms with Crippen molar-refractivity contribution in [1.29, 1.82) is 0 Å². The fraction of sp³-hybridized carbons (Fsp3) is 0.192. The van der Waals surface area contributed by atoms with E-state index >= 15 is 0 Å². The molecule has 0 aliphatic rings. The first-order chi connectivity index (χ1) is 17.0. The third-order valence-corrected chi connectivity index (χ3v) is 5.19. The molecule has 180 valence electrons. The van der Waals surface area contributed by atoms with Crippen molar-refractivity contribution in [2.75, 3.05) is 33.3 Å². The van der Waals surface area contributed by atoms with Crippen LogP contribution in [-0.4, -0.2) is 44.0 Å². The molecule has 3 aromatic carbocycles. The van der Waals surface area contributed by atoms with Crippen molar-refractivity contribution in [2.45, 2.75) is 6.92 Å². The topological polar surface area (TPSA) is 105 Å². The van der Waals surface area contributed by atoms with Gasteiger partial charge in [-0.25, -0.2) is 0 Å². The number of nitrogens with one attached hydrogen (secondary N) is 1. The molecule has 1 amide bonds. The van der Waals surface area contributed by atoms with Crippen LogP contribution in [-0.2, 0) is 4.79 Å². The quantitative estimate of drug-likeness (QED) is 0.370. The van der Waals surface area contributed by atoms with Crippen LogP contribution in [0.1, 0.15) is 5.56 Å². The van der Waals surface area contributed by atoms with Gasteiger partial charge in [0.25, 0.3) is 11.8 Å². The zero-order valence-electron chi connectivity index (χ0n) is 19.8. The van der Waals surface area contributed by atoms with Gasteiger partial charge in [0, 0.05) is 17.2 Å². The summed E-state index contributed by atoms with van der Waals surface area (Å²) in [4.78, 5) is 16.9. The van der Waals surface area contributed by atoms with E-state index in [0.717, 1.165) is 11.1 Å². The summed E-state index contributed by atoms with van der Waals surface area (Å²) >= 11 is 0. The summed E-state index contributed by atoms with van der Waals surface area (Å²) in [5.41, 5.74) is 3.17. The van der Waals surface area contributed by atoms with Gasteiger partial charge in [-0.05, 0) is 49.4 Å². The molecule has 0 saturated carbocycles. The van der Waals surface area contributed by atoms with E-state index in [4.69, 9.17) is 23.5 Å².